The van der Waals surface area contributed by atoms with Crippen LogP contribution in [0, 0.1) is 0 Å². The van der Waals surface area contributed by atoms with E-state index < -0.39 is 0 Å². The van der Waals surface area contributed by atoms with Crippen LogP contribution in [0.1, 0.15) is 62.8 Å². The van der Waals surface area contributed by atoms with Crippen molar-refractivity contribution in [2.24, 2.45) is 0 Å². The molecule has 2 nitrogen and oxygen atoms in total. The number of benzene rings is 1. The lowest BCUT2D eigenvalue weighted by atomic mass is 9.69. The molecule has 1 aromatic carbocycles. The summed E-state index contributed by atoms with van der Waals surface area (Å²) in [7, 11) is 0. The normalized spacial score (nSPS) is 31.6. The fourth-order valence-electron chi connectivity index (χ4n) is 4.29. The van der Waals surface area contributed by atoms with Crippen molar-refractivity contribution in [2.45, 2.75) is 68.9 Å². The van der Waals surface area contributed by atoms with E-state index in [-0.39, 0.29) is 12.1 Å². The Balaban J connectivity index is 1.84. The lowest BCUT2D eigenvalue weighted by Crippen LogP contribution is -2.57. The molecule has 20 heavy (non-hydrogen) atoms. The molecule has 2 aliphatic carbocycles. The van der Waals surface area contributed by atoms with Crippen LogP contribution in [0.15, 0.2) is 30.3 Å². The zero-order valence-electron chi connectivity index (χ0n) is 12.4. The molecule has 3 rings (SSSR count). The van der Waals surface area contributed by atoms with Crippen molar-refractivity contribution in [1.29, 1.82) is 0 Å². The Labute approximate surface area is 122 Å². The molecule has 1 aromatic rings. The molecule has 0 aliphatic heterocycles. The van der Waals surface area contributed by atoms with Gasteiger partial charge < -0.3 is 10.4 Å². The highest BCUT2D eigenvalue weighted by molar-refractivity contribution is 5.25. The van der Waals surface area contributed by atoms with Crippen LogP contribution in [0.25, 0.3) is 0 Å². The Morgan fingerprint density at radius 1 is 1.00 bits per heavy atom. The van der Waals surface area contributed by atoms with E-state index in [2.05, 4.69) is 35.6 Å². The molecular formula is C18H27NO. The highest BCUT2D eigenvalue weighted by atomic mass is 16.3. The van der Waals surface area contributed by atoms with E-state index in [0.717, 1.165) is 6.42 Å². The van der Waals surface area contributed by atoms with Crippen LogP contribution in [0.5, 0.6) is 0 Å². The zero-order chi connectivity index (χ0) is 13.8. The van der Waals surface area contributed by atoms with Gasteiger partial charge in [-0.05, 0) is 31.2 Å². The maximum Gasteiger partial charge on any atom is 0.0619 e. The van der Waals surface area contributed by atoms with E-state index in [0.29, 0.717) is 12.0 Å². The van der Waals surface area contributed by atoms with Crippen LogP contribution in [-0.4, -0.2) is 23.3 Å². The fourth-order valence-corrected chi connectivity index (χ4v) is 4.29. The van der Waals surface area contributed by atoms with Gasteiger partial charge in [0.05, 0.1) is 6.61 Å². The first-order valence-corrected chi connectivity index (χ1v) is 8.27. The summed E-state index contributed by atoms with van der Waals surface area (Å²) in [5, 5.41) is 14.1. The summed E-state index contributed by atoms with van der Waals surface area (Å²) in [4.78, 5) is 0. The van der Waals surface area contributed by atoms with Crippen LogP contribution >= 0.6 is 0 Å². The molecule has 0 aromatic heterocycles. The van der Waals surface area contributed by atoms with Crippen LogP contribution in [0.2, 0.25) is 0 Å². The Morgan fingerprint density at radius 2 is 1.70 bits per heavy atom. The molecule has 0 heterocycles. The van der Waals surface area contributed by atoms with E-state index in [4.69, 9.17) is 0 Å². The predicted octanol–water partition coefficient (Wildman–Crippen LogP) is 3.61. The number of aliphatic hydroxyl groups excluding tert-OH is 1. The Kier molecular flexibility index (Phi) is 4.42. The summed E-state index contributed by atoms with van der Waals surface area (Å²) >= 11 is 0. The molecule has 2 heteroatoms. The van der Waals surface area contributed by atoms with Crippen LogP contribution in [-0.2, 0) is 0 Å². The molecule has 110 valence electrons. The van der Waals surface area contributed by atoms with Gasteiger partial charge in [-0.2, -0.15) is 0 Å². The second-order valence-electron chi connectivity index (χ2n) is 6.65. The average Bonchev–Trinajstić information content (AvgIpc) is 3.01. The number of hydrogen-bond acceptors (Lipinski definition) is 2. The SMILES string of the molecule is OCC1(NC2CCCC2)CCCCC1c1ccccc1. The third kappa shape index (κ3) is 2.77. The second kappa shape index (κ2) is 6.28. The first-order chi connectivity index (χ1) is 9.84. The quantitative estimate of drug-likeness (QED) is 0.878. The van der Waals surface area contributed by atoms with Crippen molar-refractivity contribution in [3.05, 3.63) is 35.9 Å². The molecule has 0 saturated heterocycles. The molecule has 2 atom stereocenters. The fraction of sp³-hybridized carbons (Fsp3) is 0.667. The van der Waals surface area contributed by atoms with E-state index in [9.17, 15) is 5.11 Å². The Hall–Kier alpha value is -0.860. The van der Waals surface area contributed by atoms with Gasteiger partial charge in [0.2, 0.25) is 0 Å². The van der Waals surface area contributed by atoms with Crippen molar-refractivity contribution >= 4 is 0 Å². The van der Waals surface area contributed by atoms with Crippen molar-refractivity contribution < 1.29 is 5.11 Å². The molecule has 0 amide bonds. The molecule has 2 N–H and O–H groups in total. The number of hydrogen-bond donors (Lipinski definition) is 2. The van der Waals surface area contributed by atoms with Gasteiger partial charge in [0.15, 0.2) is 0 Å². The lowest BCUT2D eigenvalue weighted by molar-refractivity contribution is 0.0881. The standard InChI is InChI=1S/C18H27NO/c20-14-18(19-16-10-4-5-11-16)13-7-6-12-17(18)15-8-2-1-3-9-15/h1-3,8-9,16-17,19-20H,4-7,10-14H2. The van der Waals surface area contributed by atoms with Gasteiger partial charge in [0, 0.05) is 17.5 Å². The highest BCUT2D eigenvalue weighted by Gasteiger charge is 2.42. The van der Waals surface area contributed by atoms with Gasteiger partial charge >= 0.3 is 0 Å². The van der Waals surface area contributed by atoms with Crippen LogP contribution in [0.3, 0.4) is 0 Å². The topological polar surface area (TPSA) is 32.3 Å². The molecule has 2 unspecified atom stereocenters. The number of nitrogens with one attached hydrogen (secondary N) is 1. The van der Waals surface area contributed by atoms with E-state index in [1.807, 2.05) is 0 Å². The molecular weight excluding hydrogens is 246 g/mol. The van der Waals surface area contributed by atoms with E-state index >= 15 is 0 Å². The van der Waals surface area contributed by atoms with Crippen LogP contribution < -0.4 is 5.32 Å². The molecule has 0 radical (unpaired) electrons. The third-order valence-corrected chi connectivity index (χ3v) is 5.36. The Bertz CT molecular complexity index is 413. The molecule has 0 bridgehead atoms. The van der Waals surface area contributed by atoms with E-state index in [1.165, 1.54) is 50.5 Å². The summed E-state index contributed by atoms with van der Waals surface area (Å²) in [6, 6.07) is 11.4. The summed E-state index contributed by atoms with van der Waals surface area (Å²) in [6.45, 7) is 0.267. The van der Waals surface area contributed by atoms with Crippen molar-refractivity contribution in [3.8, 4) is 0 Å². The summed E-state index contributed by atoms with van der Waals surface area (Å²) in [6.07, 6.45) is 10.1. The highest BCUT2D eigenvalue weighted by Crippen LogP contribution is 2.41. The van der Waals surface area contributed by atoms with E-state index in [1.54, 1.807) is 0 Å². The summed E-state index contributed by atoms with van der Waals surface area (Å²) in [5.41, 5.74) is 1.31. The van der Waals surface area contributed by atoms with Gasteiger partial charge in [-0.1, -0.05) is 56.0 Å². The van der Waals surface area contributed by atoms with Crippen molar-refractivity contribution in [1.82, 2.24) is 5.32 Å². The first-order valence-electron chi connectivity index (χ1n) is 8.27. The smallest absolute Gasteiger partial charge is 0.0619 e. The lowest BCUT2D eigenvalue weighted by Gasteiger charge is -2.46. The number of rotatable bonds is 4. The van der Waals surface area contributed by atoms with Gasteiger partial charge in [-0.25, -0.2) is 0 Å². The van der Waals surface area contributed by atoms with Crippen molar-refractivity contribution in [2.75, 3.05) is 6.61 Å². The molecule has 2 saturated carbocycles. The molecule has 2 aliphatic rings. The average molecular weight is 273 g/mol. The molecule has 0 spiro atoms. The summed E-state index contributed by atoms with van der Waals surface area (Å²) < 4.78 is 0. The zero-order valence-corrected chi connectivity index (χ0v) is 12.4. The minimum atomic E-state index is -0.0887. The minimum absolute atomic E-state index is 0.0887. The summed E-state index contributed by atoms with van der Waals surface area (Å²) in [5.74, 6) is 0.461. The maximum absolute atomic E-state index is 10.2. The number of aliphatic hydroxyl groups is 1. The minimum Gasteiger partial charge on any atom is -0.394 e. The Morgan fingerprint density at radius 3 is 2.40 bits per heavy atom. The van der Waals surface area contributed by atoms with Gasteiger partial charge in [-0.15, -0.1) is 0 Å². The monoisotopic (exact) mass is 273 g/mol. The maximum atomic E-state index is 10.2. The van der Waals surface area contributed by atoms with Gasteiger partial charge in [0.25, 0.3) is 0 Å². The largest absolute Gasteiger partial charge is 0.394 e. The van der Waals surface area contributed by atoms with Crippen molar-refractivity contribution in [3.63, 3.8) is 0 Å². The van der Waals surface area contributed by atoms with Gasteiger partial charge in [0.1, 0.15) is 0 Å². The predicted molar refractivity (Wildman–Crippen MR) is 82.9 cm³/mol. The second-order valence-corrected chi connectivity index (χ2v) is 6.65. The van der Waals surface area contributed by atoms with Crippen LogP contribution in [0.4, 0.5) is 0 Å². The third-order valence-electron chi connectivity index (χ3n) is 5.36. The molecule has 2 fully saturated rings. The van der Waals surface area contributed by atoms with Gasteiger partial charge in [-0.3, -0.25) is 0 Å². The first kappa shape index (κ1) is 14.1.